The zero-order chi connectivity index (χ0) is 15.5. The van der Waals surface area contributed by atoms with Crippen LogP contribution in [0.4, 0.5) is 0 Å². The summed E-state index contributed by atoms with van der Waals surface area (Å²) >= 11 is 0. The Labute approximate surface area is 133 Å². The topological polar surface area (TPSA) is 53.0 Å². The molecule has 0 aromatic heterocycles. The van der Waals surface area contributed by atoms with Gasteiger partial charge in [-0.15, -0.1) is 0 Å². The van der Waals surface area contributed by atoms with E-state index in [-0.39, 0.29) is 30.7 Å². The summed E-state index contributed by atoms with van der Waals surface area (Å²) in [6.07, 6.45) is 8.12. The number of aliphatic hydroxyl groups excluding tert-OH is 1. The minimum Gasteiger partial charge on any atom is -0.395 e. The Hall–Kier alpha value is -0.650. The van der Waals surface area contributed by atoms with Gasteiger partial charge in [-0.2, -0.15) is 0 Å². The highest BCUT2D eigenvalue weighted by atomic mass is 16.5. The molecule has 126 valence electrons. The first-order valence-electron chi connectivity index (χ1n) is 8.98. The predicted octanol–water partition coefficient (Wildman–Crippen LogP) is 1.39. The summed E-state index contributed by atoms with van der Waals surface area (Å²) < 4.78 is 5.87. The number of ether oxygens (including phenoxy) is 1. The van der Waals surface area contributed by atoms with Gasteiger partial charge in [0.2, 0.25) is 5.91 Å². The molecular weight excluding hydrogens is 280 g/mol. The number of carbonyl (C=O) groups excluding carboxylic acids is 1. The van der Waals surface area contributed by atoms with E-state index in [0.29, 0.717) is 19.2 Å². The van der Waals surface area contributed by atoms with E-state index in [4.69, 9.17) is 4.74 Å². The molecule has 2 aliphatic heterocycles. The molecular formula is C17H30N2O3. The van der Waals surface area contributed by atoms with Gasteiger partial charge in [-0.05, 0) is 32.6 Å². The normalized spacial score (nSPS) is 36.9. The summed E-state index contributed by atoms with van der Waals surface area (Å²) in [5.41, 5.74) is 0. The van der Waals surface area contributed by atoms with Crippen molar-refractivity contribution in [2.24, 2.45) is 0 Å². The number of rotatable bonds is 3. The molecule has 1 aliphatic carbocycles. The van der Waals surface area contributed by atoms with Crippen LogP contribution in [0.25, 0.3) is 0 Å². The molecule has 1 N–H and O–H groups in total. The molecule has 1 saturated carbocycles. The van der Waals surface area contributed by atoms with Crippen LogP contribution in [-0.4, -0.2) is 71.3 Å². The highest BCUT2D eigenvalue weighted by Gasteiger charge is 2.38. The van der Waals surface area contributed by atoms with Gasteiger partial charge in [-0.3, -0.25) is 9.69 Å². The predicted molar refractivity (Wildman–Crippen MR) is 84.6 cm³/mol. The third-order valence-electron chi connectivity index (χ3n) is 5.78. The molecule has 3 aliphatic rings. The maximum atomic E-state index is 12.9. The van der Waals surface area contributed by atoms with Crippen molar-refractivity contribution in [2.45, 2.75) is 76.1 Å². The third-order valence-corrected chi connectivity index (χ3v) is 5.78. The number of hydrogen-bond donors (Lipinski definition) is 1. The van der Waals surface area contributed by atoms with E-state index in [1.165, 1.54) is 12.8 Å². The highest BCUT2D eigenvalue weighted by molar-refractivity contribution is 5.79. The van der Waals surface area contributed by atoms with Crippen molar-refractivity contribution in [2.75, 3.05) is 26.3 Å². The number of amides is 1. The van der Waals surface area contributed by atoms with Crippen LogP contribution in [0, 0.1) is 0 Å². The first-order chi connectivity index (χ1) is 10.7. The Bertz CT molecular complexity index is 388. The second-order valence-electron chi connectivity index (χ2n) is 7.14. The quantitative estimate of drug-likeness (QED) is 0.856. The van der Waals surface area contributed by atoms with Crippen molar-refractivity contribution in [3.63, 3.8) is 0 Å². The van der Waals surface area contributed by atoms with E-state index in [1.807, 2.05) is 0 Å². The fraction of sp³-hybridized carbons (Fsp3) is 0.941. The molecule has 2 saturated heterocycles. The molecule has 5 nitrogen and oxygen atoms in total. The summed E-state index contributed by atoms with van der Waals surface area (Å²) in [5, 5.41) is 9.60. The number of fused-ring (bicyclic) bond motifs is 1. The molecule has 1 amide bonds. The van der Waals surface area contributed by atoms with E-state index in [2.05, 4.69) is 16.7 Å². The van der Waals surface area contributed by atoms with Crippen LogP contribution < -0.4 is 0 Å². The van der Waals surface area contributed by atoms with E-state index in [9.17, 15) is 9.90 Å². The molecule has 0 bridgehead atoms. The second kappa shape index (κ2) is 7.28. The molecule has 3 fully saturated rings. The van der Waals surface area contributed by atoms with Crippen molar-refractivity contribution in [1.82, 2.24) is 9.80 Å². The van der Waals surface area contributed by atoms with Gasteiger partial charge in [-0.25, -0.2) is 0 Å². The number of carbonyl (C=O) groups is 1. The van der Waals surface area contributed by atoms with Gasteiger partial charge in [0, 0.05) is 18.6 Å². The van der Waals surface area contributed by atoms with Crippen molar-refractivity contribution < 1.29 is 14.6 Å². The monoisotopic (exact) mass is 310 g/mol. The fourth-order valence-corrected chi connectivity index (χ4v) is 4.47. The molecule has 0 radical (unpaired) electrons. The average Bonchev–Trinajstić information content (AvgIpc) is 2.56. The summed E-state index contributed by atoms with van der Waals surface area (Å²) in [4.78, 5) is 17.2. The van der Waals surface area contributed by atoms with Crippen molar-refractivity contribution in [3.05, 3.63) is 0 Å². The van der Waals surface area contributed by atoms with Crippen LogP contribution >= 0.6 is 0 Å². The standard InChI is InChI=1S/C17H30N2O3/c1-13-5-4-6-14(12-20)19(13)11-17(21)18-9-10-22-16-8-3-2-7-15(16)18/h13-16,20H,2-12H2,1H3. The van der Waals surface area contributed by atoms with Crippen molar-refractivity contribution in [1.29, 1.82) is 0 Å². The Morgan fingerprint density at radius 1 is 1.18 bits per heavy atom. The minimum absolute atomic E-state index is 0.149. The lowest BCUT2D eigenvalue weighted by Crippen LogP contribution is -2.58. The zero-order valence-electron chi connectivity index (χ0n) is 13.7. The Balaban J connectivity index is 1.64. The molecule has 2 heterocycles. The number of piperidine rings is 1. The first kappa shape index (κ1) is 16.2. The SMILES string of the molecule is CC1CCCC(CO)N1CC(=O)N1CCOC2CCCCC21. The summed E-state index contributed by atoms with van der Waals surface area (Å²) in [6.45, 7) is 4.19. The lowest BCUT2D eigenvalue weighted by atomic mass is 9.90. The van der Waals surface area contributed by atoms with E-state index >= 15 is 0 Å². The first-order valence-corrected chi connectivity index (χ1v) is 8.98. The van der Waals surface area contributed by atoms with Crippen LogP contribution in [0.3, 0.4) is 0 Å². The third kappa shape index (κ3) is 3.31. The van der Waals surface area contributed by atoms with Crippen molar-refractivity contribution in [3.8, 4) is 0 Å². The minimum atomic E-state index is 0.149. The summed E-state index contributed by atoms with van der Waals surface area (Å²) in [6, 6.07) is 0.816. The number of hydrogen-bond acceptors (Lipinski definition) is 4. The fourth-order valence-electron chi connectivity index (χ4n) is 4.47. The van der Waals surface area contributed by atoms with Gasteiger partial charge in [0.15, 0.2) is 0 Å². The molecule has 5 heteroatoms. The molecule has 3 rings (SSSR count). The molecule has 0 aromatic carbocycles. The van der Waals surface area contributed by atoms with E-state index < -0.39 is 0 Å². The van der Waals surface area contributed by atoms with Gasteiger partial charge in [-0.1, -0.05) is 19.3 Å². The Morgan fingerprint density at radius 3 is 2.82 bits per heavy atom. The molecule has 22 heavy (non-hydrogen) atoms. The molecule has 4 unspecified atom stereocenters. The maximum Gasteiger partial charge on any atom is 0.237 e. The van der Waals surface area contributed by atoms with Gasteiger partial charge in [0.25, 0.3) is 0 Å². The van der Waals surface area contributed by atoms with Gasteiger partial charge in [0.05, 0.1) is 31.9 Å². The molecule has 4 atom stereocenters. The largest absolute Gasteiger partial charge is 0.395 e. The molecule has 0 aromatic rings. The van der Waals surface area contributed by atoms with Crippen molar-refractivity contribution >= 4 is 5.91 Å². The van der Waals surface area contributed by atoms with Crippen LogP contribution in [0.1, 0.15) is 51.9 Å². The zero-order valence-corrected chi connectivity index (χ0v) is 13.7. The number of aliphatic hydroxyl groups is 1. The average molecular weight is 310 g/mol. The number of nitrogens with zero attached hydrogens (tertiary/aromatic N) is 2. The summed E-state index contributed by atoms with van der Waals surface area (Å²) in [5.74, 6) is 0.229. The Morgan fingerprint density at radius 2 is 2.00 bits per heavy atom. The van der Waals surface area contributed by atoms with Crippen LogP contribution in [-0.2, 0) is 9.53 Å². The van der Waals surface area contributed by atoms with Gasteiger partial charge >= 0.3 is 0 Å². The summed E-state index contributed by atoms with van der Waals surface area (Å²) in [7, 11) is 0. The lowest BCUT2D eigenvalue weighted by molar-refractivity contribution is -0.152. The lowest BCUT2D eigenvalue weighted by Gasteiger charge is -2.46. The van der Waals surface area contributed by atoms with Gasteiger partial charge in [0.1, 0.15) is 0 Å². The van der Waals surface area contributed by atoms with E-state index in [0.717, 1.165) is 38.6 Å². The second-order valence-corrected chi connectivity index (χ2v) is 7.14. The highest BCUT2D eigenvalue weighted by Crippen LogP contribution is 2.29. The molecule has 0 spiro atoms. The number of morpholine rings is 1. The van der Waals surface area contributed by atoms with Crippen LogP contribution in [0.2, 0.25) is 0 Å². The van der Waals surface area contributed by atoms with Crippen LogP contribution in [0.15, 0.2) is 0 Å². The van der Waals surface area contributed by atoms with E-state index in [1.54, 1.807) is 0 Å². The smallest absolute Gasteiger partial charge is 0.237 e. The van der Waals surface area contributed by atoms with Gasteiger partial charge < -0.3 is 14.7 Å². The maximum absolute atomic E-state index is 12.9. The van der Waals surface area contributed by atoms with Crippen LogP contribution in [0.5, 0.6) is 0 Å². The Kier molecular flexibility index (Phi) is 5.37. The number of likely N-dealkylation sites (tertiary alicyclic amines) is 1.